The summed E-state index contributed by atoms with van der Waals surface area (Å²) < 4.78 is 37.6. The molecule has 0 aromatic heterocycles. The van der Waals surface area contributed by atoms with E-state index in [2.05, 4.69) is 31.9 Å². The molecule has 1 nitrogen and oxygen atoms in total. The summed E-state index contributed by atoms with van der Waals surface area (Å²) in [5.41, 5.74) is 6.38. The lowest BCUT2D eigenvalue weighted by Crippen LogP contribution is -2.15. The predicted octanol–water partition coefficient (Wildman–Crippen LogP) is 4.55. The molecule has 0 saturated heterocycles. The molecule has 0 aliphatic heterocycles. The van der Waals surface area contributed by atoms with Gasteiger partial charge in [0.15, 0.2) is 0 Å². The van der Waals surface area contributed by atoms with E-state index in [1.165, 1.54) is 0 Å². The van der Waals surface area contributed by atoms with E-state index in [-0.39, 0.29) is 6.42 Å². The van der Waals surface area contributed by atoms with Gasteiger partial charge >= 0.3 is 6.18 Å². The summed E-state index contributed by atoms with van der Waals surface area (Å²) in [7, 11) is 0. The maximum absolute atomic E-state index is 12.0. The first kappa shape index (κ1) is 14.0. The second-order valence-electron chi connectivity index (χ2n) is 3.46. The molecule has 0 heterocycles. The Morgan fingerprint density at radius 3 is 2.06 bits per heavy atom. The van der Waals surface area contributed by atoms with Gasteiger partial charge in [0, 0.05) is 21.4 Å². The third-order valence-corrected chi connectivity index (χ3v) is 2.97. The lowest BCUT2D eigenvalue weighted by Gasteiger charge is -2.14. The van der Waals surface area contributed by atoms with Gasteiger partial charge in [-0.15, -0.1) is 0 Å². The van der Waals surface area contributed by atoms with Gasteiger partial charge in [-0.1, -0.05) is 31.9 Å². The summed E-state index contributed by atoms with van der Waals surface area (Å²) in [4.78, 5) is 0. The fraction of sp³-hybridized carbons (Fsp3) is 0.400. The van der Waals surface area contributed by atoms with Crippen LogP contribution in [0.15, 0.2) is 27.1 Å². The molecule has 2 N–H and O–H groups in total. The predicted molar refractivity (Wildman–Crippen MR) is 64.1 cm³/mol. The second kappa shape index (κ2) is 5.51. The zero-order chi connectivity index (χ0) is 12.3. The third kappa shape index (κ3) is 4.84. The molecule has 90 valence electrons. The van der Waals surface area contributed by atoms with Crippen LogP contribution in [0.25, 0.3) is 0 Å². The Kier molecular flexibility index (Phi) is 4.82. The van der Waals surface area contributed by atoms with Crippen LogP contribution in [0, 0.1) is 0 Å². The van der Waals surface area contributed by atoms with Crippen molar-refractivity contribution in [3.8, 4) is 0 Å². The molecular weight excluding hydrogens is 351 g/mol. The summed E-state index contributed by atoms with van der Waals surface area (Å²) in [6, 6.07) is 4.66. The van der Waals surface area contributed by atoms with Crippen LogP contribution in [0.4, 0.5) is 13.2 Å². The van der Waals surface area contributed by atoms with Gasteiger partial charge in [0.25, 0.3) is 0 Å². The number of rotatable bonds is 3. The second-order valence-corrected chi connectivity index (χ2v) is 5.29. The third-order valence-electron chi connectivity index (χ3n) is 2.05. The number of halogens is 5. The van der Waals surface area contributed by atoms with Crippen molar-refractivity contribution in [3.05, 3.63) is 32.7 Å². The Bertz CT molecular complexity index is 345. The lowest BCUT2D eigenvalue weighted by atomic mass is 10.0. The molecule has 16 heavy (non-hydrogen) atoms. The van der Waals surface area contributed by atoms with Crippen LogP contribution < -0.4 is 5.73 Å². The van der Waals surface area contributed by atoms with E-state index in [0.29, 0.717) is 5.56 Å². The summed E-state index contributed by atoms with van der Waals surface area (Å²) in [5, 5.41) is 0. The molecule has 1 aromatic carbocycles. The van der Waals surface area contributed by atoms with Crippen molar-refractivity contribution < 1.29 is 13.2 Å². The molecule has 0 amide bonds. The summed E-state index contributed by atoms with van der Waals surface area (Å²) >= 11 is 6.53. The molecule has 0 bridgehead atoms. The highest BCUT2D eigenvalue weighted by atomic mass is 79.9. The smallest absolute Gasteiger partial charge is 0.324 e. The van der Waals surface area contributed by atoms with E-state index in [0.717, 1.165) is 8.95 Å². The highest BCUT2D eigenvalue weighted by Gasteiger charge is 2.27. The van der Waals surface area contributed by atoms with Crippen LogP contribution >= 0.6 is 31.9 Å². The first-order chi connectivity index (χ1) is 7.28. The van der Waals surface area contributed by atoms with Crippen molar-refractivity contribution >= 4 is 31.9 Å². The average Bonchev–Trinajstić information content (AvgIpc) is 2.11. The summed E-state index contributed by atoms with van der Waals surface area (Å²) in [5.74, 6) is 0. The summed E-state index contributed by atoms with van der Waals surface area (Å²) in [6.07, 6.45) is -5.12. The minimum Gasteiger partial charge on any atom is -0.324 e. The molecule has 0 spiro atoms. The Morgan fingerprint density at radius 2 is 1.62 bits per heavy atom. The largest absolute Gasteiger partial charge is 0.389 e. The number of hydrogen-bond acceptors (Lipinski definition) is 1. The Labute approximate surface area is 108 Å². The molecule has 6 heteroatoms. The van der Waals surface area contributed by atoms with E-state index in [1.807, 2.05) is 0 Å². The van der Waals surface area contributed by atoms with Crippen LogP contribution in [0.3, 0.4) is 0 Å². The minimum atomic E-state index is -4.15. The van der Waals surface area contributed by atoms with Gasteiger partial charge in [-0.2, -0.15) is 13.2 Å². The minimum absolute atomic E-state index is 0.105. The van der Waals surface area contributed by atoms with Gasteiger partial charge in [-0.3, -0.25) is 0 Å². The molecule has 1 aromatic rings. The van der Waals surface area contributed by atoms with E-state index >= 15 is 0 Å². The number of benzene rings is 1. The highest BCUT2D eigenvalue weighted by molar-refractivity contribution is 9.11. The molecular formula is C10H10Br2F3N. The fourth-order valence-corrected chi connectivity index (χ4v) is 2.60. The Hall–Kier alpha value is -0.0700. The summed E-state index contributed by atoms with van der Waals surface area (Å²) in [6.45, 7) is 0. The number of hydrogen-bond donors (Lipinski definition) is 1. The zero-order valence-electron chi connectivity index (χ0n) is 8.19. The number of nitrogens with two attached hydrogens (primary N) is 1. The zero-order valence-corrected chi connectivity index (χ0v) is 11.4. The van der Waals surface area contributed by atoms with Crippen LogP contribution in [-0.4, -0.2) is 6.18 Å². The topological polar surface area (TPSA) is 26.0 Å². The molecule has 0 aliphatic carbocycles. The quantitative estimate of drug-likeness (QED) is 0.840. The maximum Gasteiger partial charge on any atom is 0.389 e. The molecule has 0 saturated carbocycles. The van der Waals surface area contributed by atoms with Gasteiger partial charge in [0.05, 0.1) is 0 Å². The van der Waals surface area contributed by atoms with E-state index in [4.69, 9.17) is 5.73 Å². The molecule has 0 fully saturated rings. The molecule has 1 atom stereocenters. The first-order valence-electron chi connectivity index (χ1n) is 4.56. The Balaban J connectivity index is 2.69. The van der Waals surface area contributed by atoms with Crippen molar-refractivity contribution in [2.24, 2.45) is 5.73 Å². The van der Waals surface area contributed by atoms with Gasteiger partial charge in [0.2, 0.25) is 0 Å². The lowest BCUT2D eigenvalue weighted by molar-refractivity contribution is -0.136. The average molecular weight is 361 g/mol. The van der Waals surface area contributed by atoms with Crippen molar-refractivity contribution in [1.29, 1.82) is 0 Å². The fourth-order valence-electron chi connectivity index (χ4n) is 1.28. The van der Waals surface area contributed by atoms with Crippen LogP contribution in [0.2, 0.25) is 0 Å². The van der Waals surface area contributed by atoms with Crippen molar-refractivity contribution in [2.75, 3.05) is 0 Å². The van der Waals surface area contributed by atoms with E-state index in [9.17, 15) is 13.2 Å². The Morgan fingerprint density at radius 1 is 1.12 bits per heavy atom. The van der Waals surface area contributed by atoms with Crippen LogP contribution in [0.1, 0.15) is 24.4 Å². The van der Waals surface area contributed by atoms with Gasteiger partial charge < -0.3 is 5.73 Å². The standard InChI is InChI=1S/C10H10Br2F3N/c11-7-3-6(4-8(12)5-7)9(16)1-2-10(13,14)15/h3-5,9H,1-2,16H2/t9-/m1/s1. The monoisotopic (exact) mass is 359 g/mol. The van der Waals surface area contributed by atoms with Crippen LogP contribution in [0.5, 0.6) is 0 Å². The molecule has 0 aliphatic rings. The van der Waals surface area contributed by atoms with Gasteiger partial charge in [-0.05, 0) is 30.2 Å². The molecule has 0 unspecified atom stereocenters. The number of alkyl halides is 3. The SMILES string of the molecule is N[C@H](CCC(F)(F)F)c1cc(Br)cc(Br)c1. The van der Waals surface area contributed by atoms with Gasteiger partial charge in [0.1, 0.15) is 0 Å². The molecule has 0 radical (unpaired) electrons. The molecule has 1 rings (SSSR count). The van der Waals surface area contributed by atoms with E-state index < -0.39 is 18.6 Å². The maximum atomic E-state index is 12.0. The van der Waals surface area contributed by atoms with Gasteiger partial charge in [-0.25, -0.2) is 0 Å². The van der Waals surface area contributed by atoms with Crippen molar-refractivity contribution in [1.82, 2.24) is 0 Å². The van der Waals surface area contributed by atoms with Crippen molar-refractivity contribution in [3.63, 3.8) is 0 Å². The highest BCUT2D eigenvalue weighted by Crippen LogP contribution is 2.29. The first-order valence-corrected chi connectivity index (χ1v) is 6.15. The van der Waals surface area contributed by atoms with E-state index in [1.54, 1.807) is 18.2 Å². The van der Waals surface area contributed by atoms with Crippen LogP contribution in [-0.2, 0) is 0 Å². The normalized spacial score (nSPS) is 13.9. The van der Waals surface area contributed by atoms with Crippen molar-refractivity contribution in [2.45, 2.75) is 25.1 Å².